The van der Waals surface area contributed by atoms with Gasteiger partial charge in [-0.15, -0.1) is 0 Å². The fourth-order valence-electron chi connectivity index (χ4n) is 3.14. The number of nitrogens with zero attached hydrogens (tertiary/aromatic N) is 3. The summed E-state index contributed by atoms with van der Waals surface area (Å²) in [5, 5.41) is 0. The van der Waals surface area contributed by atoms with Crippen LogP contribution in [0, 0.1) is 5.92 Å². The summed E-state index contributed by atoms with van der Waals surface area (Å²) in [5.41, 5.74) is 2.08. The monoisotopic (exact) mass is 373 g/mol. The summed E-state index contributed by atoms with van der Waals surface area (Å²) in [6, 6.07) is 14.9. The van der Waals surface area contributed by atoms with Crippen molar-refractivity contribution in [2.24, 2.45) is 5.92 Å². The van der Waals surface area contributed by atoms with Gasteiger partial charge >= 0.3 is 0 Å². The number of aromatic nitrogens is 2. The van der Waals surface area contributed by atoms with Gasteiger partial charge in [-0.1, -0.05) is 36.4 Å². The Morgan fingerprint density at radius 3 is 2.60 bits per heavy atom. The van der Waals surface area contributed by atoms with E-state index < -0.39 is 10.0 Å². The zero-order chi connectivity index (χ0) is 17.4. The molecule has 5 nitrogen and oxygen atoms in total. The van der Waals surface area contributed by atoms with Crippen LogP contribution in [-0.2, 0) is 16.6 Å². The van der Waals surface area contributed by atoms with Crippen molar-refractivity contribution in [1.82, 2.24) is 13.1 Å². The number of hydrogen-bond acceptors (Lipinski definition) is 5. The van der Waals surface area contributed by atoms with Gasteiger partial charge < -0.3 is 0 Å². The van der Waals surface area contributed by atoms with Gasteiger partial charge in [0.15, 0.2) is 0 Å². The van der Waals surface area contributed by atoms with Gasteiger partial charge in [-0.2, -0.15) is 13.1 Å². The van der Waals surface area contributed by atoms with Crippen molar-refractivity contribution >= 4 is 32.8 Å². The lowest BCUT2D eigenvalue weighted by Crippen LogP contribution is -2.39. The SMILES string of the molecule is C[C@@H](C1CC1)N(Cc1ccccc1)S(=O)(=O)c1cccc2nsnc12. The largest absolute Gasteiger partial charge is 0.245 e. The van der Waals surface area contributed by atoms with Crippen LogP contribution < -0.4 is 0 Å². The predicted octanol–water partition coefficient (Wildman–Crippen LogP) is 3.68. The second-order valence-corrected chi connectivity index (χ2v) is 8.89. The maximum absolute atomic E-state index is 13.5. The van der Waals surface area contributed by atoms with E-state index in [1.165, 1.54) is 0 Å². The van der Waals surface area contributed by atoms with Gasteiger partial charge in [0.05, 0.1) is 11.7 Å². The Morgan fingerprint density at radius 2 is 1.88 bits per heavy atom. The molecule has 1 atom stereocenters. The maximum Gasteiger partial charge on any atom is 0.245 e. The Labute approximate surface area is 151 Å². The number of sulfonamides is 1. The van der Waals surface area contributed by atoms with Crippen molar-refractivity contribution in [2.45, 2.75) is 37.2 Å². The third-order valence-electron chi connectivity index (χ3n) is 4.78. The van der Waals surface area contributed by atoms with Crippen LogP contribution in [0.15, 0.2) is 53.4 Å². The highest BCUT2D eigenvalue weighted by Crippen LogP contribution is 2.38. The molecule has 1 aromatic heterocycles. The summed E-state index contributed by atoms with van der Waals surface area (Å²) in [5.74, 6) is 0.436. The van der Waals surface area contributed by atoms with Crippen molar-refractivity contribution in [2.75, 3.05) is 0 Å². The van der Waals surface area contributed by atoms with Crippen molar-refractivity contribution in [1.29, 1.82) is 0 Å². The topological polar surface area (TPSA) is 63.2 Å². The lowest BCUT2D eigenvalue weighted by molar-refractivity contribution is 0.303. The van der Waals surface area contributed by atoms with Crippen molar-refractivity contribution in [3.8, 4) is 0 Å². The van der Waals surface area contributed by atoms with Gasteiger partial charge in [0.25, 0.3) is 0 Å². The molecule has 4 rings (SSSR count). The smallest absolute Gasteiger partial charge is 0.207 e. The molecule has 1 heterocycles. The molecule has 0 radical (unpaired) electrons. The second-order valence-electron chi connectivity index (χ2n) is 6.50. The molecule has 0 N–H and O–H groups in total. The molecule has 0 aliphatic heterocycles. The Kier molecular flexibility index (Phi) is 4.31. The van der Waals surface area contributed by atoms with E-state index in [1.54, 1.807) is 22.5 Å². The first-order valence-corrected chi connectivity index (χ1v) is 10.5. The average molecular weight is 374 g/mol. The van der Waals surface area contributed by atoms with Gasteiger partial charge in [0.1, 0.15) is 15.9 Å². The van der Waals surface area contributed by atoms with Crippen LogP contribution in [0.5, 0.6) is 0 Å². The third kappa shape index (κ3) is 3.19. The van der Waals surface area contributed by atoms with Crippen LogP contribution in [0.4, 0.5) is 0 Å². The molecule has 0 bridgehead atoms. The fourth-order valence-corrected chi connectivity index (χ4v) is 5.57. The van der Waals surface area contributed by atoms with Crippen LogP contribution in [-0.4, -0.2) is 27.5 Å². The van der Waals surface area contributed by atoms with Crippen LogP contribution >= 0.6 is 11.7 Å². The van der Waals surface area contributed by atoms with Gasteiger partial charge in [-0.05, 0) is 43.4 Å². The predicted molar refractivity (Wildman–Crippen MR) is 98.8 cm³/mol. The first-order chi connectivity index (χ1) is 12.1. The quantitative estimate of drug-likeness (QED) is 0.661. The normalized spacial score (nSPS) is 16.4. The first kappa shape index (κ1) is 16.6. The van der Waals surface area contributed by atoms with Gasteiger partial charge in [0, 0.05) is 12.6 Å². The molecule has 0 amide bonds. The molecule has 3 aromatic rings. The molecular weight excluding hydrogens is 354 g/mol. The fraction of sp³-hybridized carbons (Fsp3) is 0.333. The van der Waals surface area contributed by atoms with Crippen molar-refractivity contribution in [3.63, 3.8) is 0 Å². The Balaban J connectivity index is 1.78. The molecule has 1 aliphatic rings. The first-order valence-electron chi connectivity index (χ1n) is 8.34. The Hall–Kier alpha value is -1.83. The molecule has 25 heavy (non-hydrogen) atoms. The highest BCUT2D eigenvalue weighted by atomic mass is 32.2. The minimum absolute atomic E-state index is 0.0351. The second kappa shape index (κ2) is 6.48. The summed E-state index contributed by atoms with van der Waals surface area (Å²) < 4.78 is 37.0. The summed E-state index contributed by atoms with van der Waals surface area (Å²) in [6.45, 7) is 2.38. The summed E-state index contributed by atoms with van der Waals surface area (Å²) in [7, 11) is -3.66. The van der Waals surface area contributed by atoms with Gasteiger partial charge in [-0.25, -0.2) is 8.42 Å². The number of hydrogen-bond donors (Lipinski definition) is 0. The van der Waals surface area contributed by atoms with Crippen LogP contribution in [0.25, 0.3) is 11.0 Å². The minimum atomic E-state index is -3.66. The van der Waals surface area contributed by atoms with E-state index >= 15 is 0 Å². The lowest BCUT2D eigenvalue weighted by Gasteiger charge is -2.28. The minimum Gasteiger partial charge on any atom is -0.207 e. The molecule has 0 spiro atoms. The molecule has 0 saturated heterocycles. The summed E-state index contributed by atoms with van der Waals surface area (Å²) >= 11 is 1.04. The van der Waals surface area contributed by atoms with Crippen LogP contribution in [0.3, 0.4) is 0 Å². The summed E-state index contributed by atoms with van der Waals surface area (Å²) in [4.78, 5) is 0.252. The third-order valence-corrected chi connectivity index (χ3v) is 7.28. The van der Waals surface area contributed by atoms with E-state index in [0.717, 1.165) is 30.1 Å². The molecule has 130 valence electrons. The molecule has 2 aromatic carbocycles. The highest BCUT2D eigenvalue weighted by molar-refractivity contribution is 7.89. The van der Waals surface area contributed by atoms with Gasteiger partial charge in [0.2, 0.25) is 10.0 Å². The van der Waals surface area contributed by atoms with E-state index in [9.17, 15) is 8.42 Å². The number of fused-ring (bicyclic) bond motifs is 1. The maximum atomic E-state index is 13.5. The molecule has 0 unspecified atom stereocenters. The lowest BCUT2D eigenvalue weighted by atomic mass is 10.2. The van der Waals surface area contributed by atoms with Crippen molar-refractivity contribution in [3.05, 3.63) is 54.1 Å². The van der Waals surface area contributed by atoms with E-state index in [2.05, 4.69) is 8.75 Å². The van der Waals surface area contributed by atoms with E-state index in [4.69, 9.17) is 0 Å². The zero-order valence-corrected chi connectivity index (χ0v) is 15.5. The molecule has 7 heteroatoms. The molecule has 1 saturated carbocycles. The average Bonchev–Trinajstić information content (AvgIpc) is 3.36. The zero-order valence-electron chi connectivity index (χ0n) is 13.9. The number of benzene rings is 2. The van der Waals surface area contributed by atoms with E-state index in [0.29, 0.717) is 23.5 Å². The summed E-state index contributed by atoms with van der Waals surface area (Å²) in [6.07, 6.45) is 2.18. The molecule has 1 aliphatic carbocycles. The van der Waals surface area contributed by atoms with E-state index in [-0.39, 0.29) is 10.9 Å². The highest BCUT2D eigenvalue weighted by Gasteiger charge is 2.39. The van der Waals surface area contributed by atoms with Crippen molar-refractivity contribution < 1.29 is 8.42 Å². The molecular formula is C18H19N3O2S2. The van der Waals surface area contributed by atoms with Crippen LogP contribution in [0.1, 0.15) is 25.3 Å². The standard InChI is InChI=1S/C18H19N3O2S2/c1-13(15-10-11-15)21(12-14-6-3-2-4-7-14)25(22,23)17-9-5-8-16-18(17)20-24-19-16/h2-9,13,15H,10-12H2,1H3/t13-/m0/s1. The van der Waals surface area contributed by atoms with E-state index in [1.807, 2.05) is 37.3 Å². The Morgan fingerprint density at radius 1 is 1.12 bits per heavy atom. The number of rotatable bonds is 6. The Bertz CT molecular complexity index is 982. The van der Waals surface area contributed by atoms with Gasteiger partial charge in [-0.3, -0.25) is 0 Å². The van der Waals surface area contributed by atoms with Crippen LogP contribution in [0.2, 0.25) is 0 Å². The molecule has 1 fully saturated rings.